The Balaban J connectivity index is 0.0000000989. The van der Waals surface area contributed by atoms with Crippen molar-refractivity contribution >= 4 is 0 Å². The van der Waals surface area contributed by atoms with Gasteiger partial charge in [-0.05, 0) is 63.7 Å². The van der Waals surface area contributed by atoms with E-state index in [-0.39, 0.29) is 0 Å². The first-order valence-corrected chi connectivity index (χ1v) is 6.75. The highest BCUT2D eigenvalue weighted by Crippen LogP contribution is 2.43. The summed E-state index contributed by atoms with van der Waals surface area (Å²) in [6.45, 7) is 7.98. The zero-order valence-corrected chi connectivity index (χ0v) is 10.5. The molecule has 15 heavy (non-hydrogen) atoms. The molecule has 0 aromatic heterocycles. The molecule has 4 fully saturated rings. The molecule has 0 radical (unpaired) electrons. The predicted molar refractivity (Wildman–Crippen MR) is 65.0 cm³/mol. The summed E-state index contributed by atoms with van der Waals surface area (Å²) in [5.74, 6) is 3.32. The SMILES string of the molecule is C1NCC2CC12.CC.CN1CCC2CC21. The zero-order chi connectivity index (χ0) is 10.8. The molecule has 2 aliphatic heterocycles. The van der Waals surface area contributed by atoms with Gasteiger partial charge in [0.05, 0.1) is 0 Å². The number of hydrogen-bond donors (Lipinski definition) is 1. The van der Waals surface area contributed by atoms with Crippen molar-refractivity contribution in [3.63, 3.8) is 0 Å². The minimum Gasteiger partial charge on any atom is -0.316 e. The van der Waals surface area contributed by atoms with E-state index in [9.17, 15) is 0 Å². The number of likely N-dealkylation sites (tertiary alicyclic amines) is 1. The average Bonchev–Trinajstić information content (AvgIpc) is 3.17. The molecule has 4 rings (SSSR count). The van der Waals surface area contributed by atoms with Crippen LogP contribution in [0.25, 0.3) is 0 Å². The van der Waals surface area contributed by atoms with E-state index in [1.807, 2.05) is 13.8 Å². The van der Waals surface area contributed by atoms with Crippen LogP contribution in [0.3, 0.4) is 0 Å². The minimum absolute atomic E-state index is 1.01. The van der Waals surface area contributed by atoms with E-state index in [2.05, 4.69) is 17.3 Å². The zero-order valence-electron chi connectivity index (χ0n) is 10.5. The molecule has 1 N–H and O–H groups in total. The molecule has 2 heteroatoms. The standard InChI is InChI=1S/C6H11N.C5H9N.C2H6/c1-7-3-2-5-4-6(5)7;1-4-2-6-3-5(1)4;1-2/h5-6H,2-4H2,1H3;4-6H,1-3H2;1-2H3. The van der Waals surface area contributed by atoms with Crippen molar-refractivity contribution in [2.24, 2.45) is 17.8 Å². The molecule has 0 amide bonds. The number of piperidine rings is 2. The van der Waals surface area contributed by atoms with Crippen LogP contribution in [0.1, 0.15) is 33.1 Å². The van der Waals surface area contributed by atoms with Crippen molar-refractivity contribution < 1.29 is 0 Å². The Morgan fingerprint density at radius 1 is 1.00 bits per heavy atom. The maximum Gasteiger partial charge on any atom is 0.0125 e. The molecule has 2 saturated heterocycles. The van der Waals surface area contributed by atoms with Crippen LogP contribution in [0.4, 0.5) is 0 Å². The quantitative estimate of drug-likeness (QED) is 0.657. The van der Waals surface area contributed by atoms with E-state index in [0.29, 0.717) is 0 Å². The van der Waals surface area contributed by atoms with Crippen molar-refractivity contribution in [3.05, 3.63) is 0 Å². The Morgan fingerprint density at radius 3 is 1.80 bits per heavy atom. The van der Waals surface area contributed by atoms with Crippen molar-refractivity contribution in [2.45, 2.75) is 39.2 Å². The molecule has 4 aliphatic rings. The van der Waals surface area contributed by atoms with Crippen LogP contribution >= 0.6 is 0 Å². The number of nitrogens with zero attached hydrogens (tertiary/aromatic N) is 1. The lowest BCUT2D eigenvalue weighted by Crippen LogP contribution is -2.16. The van der Waals surface area contributed by atoms with Crippen LogP contribution in [0, 0.1) is 17.8 Å². The fourth-order valence-electron chi connectivity index (χ4n) is 2.88. The van der Waals surface area contributed by atoms with E-state index in [0.717, 1.165) is 23.8 Å². The maximum atomic E-state index is 3.32. The molecule has 2 nitrogen and oxygen atoms in total. The molecule has 2 saturated carbocycles. The topological polar surface area (TPSA) is 15.3 Å². The van der Waals surface area contributed by atoms with Crippen LogP contribution in [-0.2, 0) is 0 Å². The van der Waals surface area contributed by atoms with Crippen molar-refractivity contribution in [2.75, 3.05) is 26.7 Å². The predicted octanol–water partition coefficient (Wildman–Crippen LogP) is 1.96. The third-order valence-corrected chi connectivity index (χ3v) is 4.19. The van der Waals surface area contributed by atoms with Gasteiger partial charge in [0.25, 0.3) is 0 Å². The van der Waals surface area contributed by atoms with Gasteiger partial charge >= 0.3 is 0 Å². The van der Waals surface area contributed by atoms with E-state index >= 15 is 0 Å². The Hall–Kier alpha value is -0.0800. The summed E-state index contributed by atoms with van der Waals surface area (Å²) in [5.41, 5.74) is 0. The first-order chi connectivity index (χ1) is 7.34. The van der Waals surface area contributed by atoms with E-state index in [1.165, 1.54) is 38.9 Å². The van der Waals surface area contributed by atoms with Gasteiger partial charge in [0, 0.05) is 6.04 Å². The molecule has 0 aromatic rings. The minimum atomic E-state index is 1.01. The molecule has 2 aliphatic carbocycles. The summed E-state index contributed by atoms with van der Waals surface area (Å²) in [6.07, 6.45) is 4.49. The van der Waals surface area contributed by atoms with Gasteiger partial charge in [0.1, 0.15) is 0 Å². The van der Waals surface area contributed by atoms with Crippen LogP contribution in [0.2, 0.25) is 0 Å². The molecule has 2 heterocycles. The third-order valence-electron chi connectivity index (χ3n) is 4.19. The second-order valence-corrected chi connectivity index (χ2v) is 5.25. The summed E-state index contributed by atoms with van der Waals surface area (Å²) in [5, 5.41) is 3.32. The van der Waals surface area contributed by atoms with E-state index in [4.69, 9.17) is 0 Å². The van der Waals surface area contributed by atoms with Gasteiger partial charge in [-0.25, -0.2) is 0 Å². The van der Waals surface area contributed by atoms with Crippen molar-refractivity contribution in [1.29, 1.82) is 0 Å². The van der Waals surface area contributed by atoms with Gasteiger partial charge < -0.3 is 10.2 Å². The normalized spacial score (nSPS) is 44.2. The maximum absolute atomic E-state index is 3.32. The Morgan fingerprint density at radius 2 is 1.67 bits per heavy atom. The van der Waals surface area contributed by atoms with E-state index < -0.39 is 0 Å². The Labute approximate surface area is 94.4 Å². The molecular weight excluding hydrogens is 184 g/mol. The van der Waals surface area contributed by atoms with Crippen LogP contribution in [-0.4, -0.2) is 37.6 Å². The molecule has 0 spiro atoms. The third kappa shape index (κ3) is 2.73. The van der Waals surface area contributed by atoms with Gasteiger partial charge in [-0.15, -0.1) is 0 Å². The van der Waals surface area contributed by atoms with Crippen LogP contribution in [0.5, 0.6) is 0 Å². The first-order valence-electron chi connectivity index (χ1n) is 6.75. The lowest BCUT2D eigenvalue weighted by molar-refractivity contribution is 0.369. The molecule has 4 atom stereocenters. The Bertz CT molecular complexity index is 197. The largest absolute Gasteiger partial charge is 0.316 e. The first kappa shape index (κ1) is 11.4. The van der Waals surface area contributed by atoms with Gasteiger partial charge in [-0.3, -0.25) is 0 Å². The Kier molecular flexibility index (Phi) is 3.68. The van der Waals surface area contributed by atoms with Crippen molar-refractivity contribution in [3.8, 4) is 0 Å². The fourth-order valence-corrected chi connectivity index (χ4v) is 2.88. The highest BCUT2D eigenvalue weighted by atomic mass is 15.2. The summed E-state index contributed by atoms with van der Waals surface area (Å²) >= 11 is 0. The summed E-state index contributed by atoms with van der Waals surface area (Å²) in [7, 11) is 2.23. The number of fused-ring (bicyclic) bond motifs is 2. The lowest BCUT2D eigenvalue weighted by Gasteiger charge is -2.06. The second-order valence-electron chi connectivity index (χ2n) is 5.25. The van der Waals surface area contributed by atoms with Gasteiger partial charge in [0.15, 0.2) is 0 Å². The smallest absolute Gasteiger partial charge is 0.0125 e. The van der Waals surface area contributed by atoms with Crippen LogP contribution in [0.15, 0.2) is 0 Å². The number of hydrogen-bond acceptors (Lipinski definition) is 2. The van der Waals surface area contributed by atoms with Gasteiger partial charge in [0.2, 0.25) is 0 Å². The number of rotatable bonds is 0. The fraction of sp³-hybridized carbons (Fsp3) is 1.00. The molecule has 0 bridgehead atoms. The number of nitrogens with one attached hydrogen (secondary N) is 1. The van der Waals surface area contributed by atoms with Crippen LogP contribution < -0.4 is 5.32 Å². The second kappa shape index (κ2) is 4.84. The van der Waals surface area contributed by atoms with Gasteiger partial charge in [-0.2, -0.15) is 0 Å². The average molecular weight is 210 g/mol. The summed E-state index contributed by atoms with van der Waals surface area (Å²) in [4.78, 5) is 2.48. The summed E-state index contributed by atoms with van der Waals surface area (Å²) < 4.78 is 0. The molecular formula is C13H26N2. The molecule has 4 unspecified atom stereocenters. The lowest BCUT2D eigenvalue weighted by atomic mass is 10.3. The highest BCUT2D eigenvalue weighted by Gasteiger charge is 2.44. The molecule has 88 valence electrons. The highest BCUT2D eigenvalue weighted by molar-refractivity contribution is 4.99. The van der Waals surface area contributed by atoms with Crippen molar-refractivity contribution in [1.82, 2.24) is 10.2 Å². The summed E-state index contributed by atoms with van der Waals surface area (Å²) in [6, 6.07) is 1.01. The van der Waals surface area contributed by atoms with Gasteiger partial charge in [-0.1, -0.05) is 13.8 Å². The van der Waals surface area contributed by atoms with E-state index in [1.54, 1.807) is 0 Å². The molecule has 0 aromatic carbocycles. The monoisotopic (exact) mass is 210 g/mol.